The first-order valence-corrected chi connectivity index (χ1v) is 6.00. The summed E-state index contributed by atoms with van der Waals surface area (Å²) in [6.45, 7) is 14.8. The molecule has 0 spiro atoms. The summed E-state index contributed by atoms with van der Waals surface area (Å²) in [6.07, 6.45) is 1.25. The van der Waals surface area contributed by atoms with E-state index in [4.69, 9.17) is 5.73 Å². The van der Waals surface area contributed by atoms with Crippen molar-refractivity contribution in [2.75, 3.05) is 39.3 Å². The Hall–Kier alpha value is -0.380. The lowest BCUT2D eigenvalue weighted by molar-refractivity contribution is 0.106. The van der Waals surface area contributed by atoms with Crippen LogP contribution in [0.2, 0.25) is 0 Å². The van der Waals surface area contributed by atoms with Gasteiger partial charge in [0.15, 0.2) is 0 Å². The fourth-order valence-electron chi connectivity index (χ4n) is 2.00. The van der Waals surface area contributed by atoms with E-state index >= 15 is 0 Å². The molecule has 0 aromatic heterocycles. The van der Waals surface area contributed by atoms with Crippen LogP contribution in [-0.2, 0) is 0 Å². The van der Waals surface area contributed by atoms with E-state index in [2.05, 4.69) is 30.2 Å². The fraction of sp³-hybridized carbons (Fsp3) is 0.833. The Morgan fingerprint density at radius 2 is 1.93 bits per heavy atom. The zero-order chi connectivity index (χ0) is 11.3. The predicted octanol–water partition coefficient (Wildman–Crippen LogP) is 0.917. The highest BCUT2D eigenvalue weighted by atomic mass is 15.3. The average Bonchev–Trinajstić information content (AvgIpc) is 2.29. The third kappa shape index (κ3) is 3.93. The highest BCUT2D eigenvalue weighted by Crippen LogP contribution is 2.09. The van der Waals surface area contributed by atoms with Crippen molar-refractivity contribution in [1.82, 2.24) is 9.80 Å². The summed E-state index contributed by atoms with van der Waals surface area (Å²) in [6, 6.07) is 0.727. The van der Waals surface area contributed by atoms with Crippen LogP contribution in [0.4, 0.5) is 0 Å². The number of nitrogens with two attached hydrogens (primary N) is 1. The molecular weight excluding hydrogens is 186 g/mol. The van der Waals surface area contributed by atoms with Crippen LogP contribution < -0.4 is 5.73 Å². The van der Waals surface area contributed by atoms with E-state index in [0.717, 1.165) is 31.2 Å². The van der Waals surface area contributed by atoms with E-state index < -0.39 is 0 Å². The maximum Gasteiger partial charge on any atom is 0.0203 e. The van der Waals surface area contributed by atoms with Gasteiger partial charge in [-0.3, -0.25) is 9.80 Å². The summed E-state index contributed by atoms with van der Waals surface area (Å²) in [4.78, 5) is 5.02. The Bertz CT molecular complexity index is 195. The molecule has 0 saturated carbocycles. The summed E-state index contributed by atoms with van der Waals surface area (Å²) in [5.74, 6) is 0. The first-order valence-electron chi connectivity index (χ1n) is 6.00. The molecule has 2 N–H and O–H groups in total. The maximum atomic E-state index is 5.55. The number of nitrogens with zero attached hydrogens (tertiary/aromatic N) is 2. The van der Waals surface area contributed by atoms with Gasteiger partial charge in [-0.05, 0) is 18.9 Å². The number of piperazine rings is 1. The van der Waals surface area contributed by atoms with Crippen LogP contribution in [0.15, 0.2) is 12.2 Å². The maximum absolute atomic E-state index is 5.55. The first-order chi connectivity index (χ1) is 7.17. The van der Waals surface area contributed by atoms with E-state index in [1.165, 1.54) is 19.5 Å². The van der Waals surface area contributed by atoms with Gasteiger partial charge in [-0.25, -0.2) is 0 Å². The van der Waals surface area contributed by atoms with Crippen LogP contribution in [0.3, 0.4) is 0 Å². The lowest BCUT2D eigenvalue weighted by atomic mass is 10.2. The minimum atomic E-state index is 0.617. The highest BCUT2D eigenvalue weighted by Gasteiger charge is 2.19. The molecule has 0 aromatic carbocycles. The molecule has 1 heterocycles. The van der Waals surface area contributed by atoms with E-state index in [1.54, 1.807) is 0 Å². The van der Waals surface area contributed by atoms with Crippen LogP contribution in [0.5, 0.6) is 0 Å². The van der Waals surface area contributed by atoms with Crippen molar-refractivity contribution in [1.29, 1.82) is 0 Å². The van der Waals surface area contributed by atoms with Gasteiger partial charge in [0.2, 0.25) is 0 Å². The smallest absolute Gasteiger partial charge is 0.0203 e. The van der Waals surface area contributed by atoms with E-state index in [-0.39, 0.29) is 0 Å². The second-order valence-electron chi connectivity index (χ2n) is 4.52. The average molecular weight is 211 g/mol. The predicted molar refractivity (Wildman–Crippen MR) is 66.0 cm³/mol. The minimum absolute atomic E-state index is 0.617. The Kier molecular flexibility index (Phi) is 5.29. The van der Waals surface area contributed by atoms with Crippen LogP contribution in [0.1, 0.15) is 20.3 Å². The van der Waals surface area contributed by atoms with Gasteiger partial charge < -0.3 is 5.73 Å². The molecule has 0 amide bonds. The molecule has 3 heteroatoms. The van der Waals surface area contributed by atoms with Crippen molar-refractivity contribution in [3.63, 3.8) is 0 Å². The Labute approximate surface area is 93.9 Å². The second kappa shape index (κ2) is 6.26. The SMILES string of the molecule is C=C(CN)CN1CCN(C(C)CC)CC1. The Morgan fingerprint density at radius 1 is 1.33 bits per heavy atom. The van der Waals surface area contributed by atoms with Crippen molar-refractivity contribution in [2.24, 2.45) is 5.73 Å². The topological polar surface area (TPSA) is 32.5 Å². The van der Waals surface area contributed by atoms with E-state index in [0.29, 0.717) is 6.54 Å². The molecule has 1 atom stereocenters. The monoisotopic (exact) mass is 211 g/mol. The van der Waals surface area contributed by atoms with Crippen molar-refractivity contribution in [2.45, 2.75) is 26.3 Å². The molecule has 0 aromatic rings. The molecule has 0 radical (unpaired) electrons. The zero-order valence-corrected chi connectivity index (χ0v) is 10.2. The molecule has 1 rings (SSSR count). The summed E-state index contributed by atoms with van der Waals surface area (Å²) in [5.41, 5.74) is 6.70. The molecule has 0 bridgehead atoms. The Balaban J connectivity index is 2.26. The standard InChI is InChI=1S/C12H25N3/c1-4-12(3)15-7-5-14(6-8-15)10-11(2)9-13/h12H,2,4-10,13H2,1,3H3. The van der Waals surface area contributed by atoms with Gasteiger partial charge in [0, 0.05) is 45.3 Å². The number of hydrogen-bond acceptors (Lipinski definition) is 3. The van der Waals surface area contributed by atoms with Gasteiger partial charge >= 0.3 is 0 Å². The van der Waals surface area contributed by atoms with Crippen molar-refractivity contribution in [3.05, 3.63) is 12.2 Å². The van der Waals surface area contributed by atoms with Crippen molar-refractivity contribution < 1.29 is 0 Å². The quantitative estimate of drug-likeness (QED) is 0.686. The fourth-order valence-corrected chi connectivity index (χ4v) is 2.00. The van der Waals surface area contributed by atoms with Crippen LogP contribution in [0.25, 0.3) is 0 Å². The summed E-state index contributed by atoms with van der Waals surface area (Å²) in [5, 5.41) is 0. The third-order valence-electron chi connectivity index (χ3n) is 3.36. The molecule has 1 unspecified atom stereocenters. The van der Waals surface area contributed by atoms with Gasteiger partial charge in [0.1, 0.15) is 0 Å². The number of hydrogen-bond donors (Lipinski definition) is 1. The van der Waals surface area contributed by atoms with Crippen molar-refractivity contribution in [3.8, 4) is 0 Å². The summed E-state index contributed by atoms with van der Waals surface area (Å²) < 4.78 is 0. The molecule has 1 aliphatic rings. The lowest BCUT2D eigenvalue weighted by Crippen LogP contribution is -2.49. The van der Waals surface area contributed by atoms with Gasteiger partial charge in [-0.1, -0.05) is 13.5 Å². The molecule has 3 nitrogen and oxygen atoms in total. The lowest BCUT2D eigenvalue weighted by Gasteiger charge is -2.38. The first kappa shape index (κ1) is 12.7. The molecule has 1 saturated heterocycles. The van der Waals surface area contributed by atoms with Crippen LogP contribution in [-0.4, -0.2) is 55.1 Å². The molecular formula is C12H25N3. The molecule has 1 aliphatic heterocycles. The summed E-state index contributed by atoms with van der Waals surface area (Å²) >= 11 is 0. The van der Waals surface area contributed by atoms with Crippen LogP contribution in [0, 0.1) is 0 Å². The molecule has 1 fully saturated rings. The highest BCUT2D eigenvalue weighted by molar-refractivity contribution is 4.99. The molecule has 88 valence electrons. The van der Waals surface area contributed by atoms with Crippen molar-refractivity contribution >= 4 is 0 Å². The Morgan fingerprint density at radius 3 is 2.40 bits per heavy atom. The number of rotatable bonds is 5. The van der Waals surface area contributed by atoms with E-state index in [9.17, 15) is 0 Å². The normalized spacial score (nSPS) is 21.5. The zero-order valence-electron chi connectivity index (χ0n) is 10.2. The third-order valence-corrected chi connectivity index (χ3v) is 3.36. The second-order valence-corrected chi connectivity index (χ2v) is 4.52. The van der Waals surface area contributed by atoms with E-state index in [1.807, 2.05) is 0 Å². The molecule has 0 aliphatic carbocycles. The van der Waals surface area contributed by atoms with Gasteiger partial charge in [-0.15, -0.1) is 0 Å². The van der Waals surface area contributed by atoms with Gasteiger partial charge in [0.05, 0.1) is 0 Å². The van der Waals surface area contributed by atoms with Gasteiger partial charge in [0.25, 0.3) is 0 Å². The molecule has 15 heavy (non-hydrogen) atoms. The minimum Gasteiger partial charge on any atom is -0.327 e. The largest absolute Gasteiger partial charge is 0.327 e. The van der Waals surface area contributed by atoms with Crippen LogP contribution >= 0.6 is 0 Å². The van der Waals surface area contributed by atoms with Gasteiger partial charge in [-0.2, -0.15) is 0 Å². The summed E-state index contributed by atoms with van der Waals surface area (Å²) in [7, 11) is 0.